The van der Waals surface area contributed by atoms with Gasteiger partial charge in [-0.2, -0.15) is 0 Å². The van der Waals surface area contributed by atoms with Crippen LogP contribution in [-0.2, 0) is 4.74 Å². The van der Waals surface area contributed by atoms with E-state index in [0.29, 0.717) is 16.9 Å². The van der Waals surface area contributed by atoms with Crippen molar-refractivity contribution < 1.29 is 4.74 Å². The second-order valence-corrected chi connectivity index (χ2v) is 6.20. The maximum atomic E-state index is 6.16. The molecule has 0 aromatic carbocycles. The van der Waals surface area contributed by atoms with Crippen molar-refractivity contribution in [1.82, 2.24) is 0 Å². The summed E-state index contributed by atoms with van der Waals surface area (Å²) in [7, 11) is 0. The lowest BCUT2D eigenvalue weighted by atomic mass is 9.59. The zero-order chi connectivity index (χ0) is 10.2. The van der Waals surface area contributed by atoms with Gasteiger partial charge in [-0.25, -0.2) is 0 Å². The zero-order valence-electron chi connectivity index (χ0n) is 9.94. The van der Waals surface area contributed by atoms with Gasteiger partial charge in [-0.1, -0.05) is 20.8 Å². The van der Waals surface area contributed by atoms with Crippen LogP contribution in [0.25, 0.3) is 0 Å². The maximum Gasteiger partial charge on any atom is 0.0683 e. The average Bonchev–Trinajstić information content (AvgIpc) is 2.17. The Labute approximate surface area is 88.2 Å². The van der Waals surface area contributed by atoms with Crippen molar-refractivity contribution in [3.63, 3.8) is 0 Å². The normalized spacial score (nSPS) is 42.0. The van der Waals surface area contributed by atoms with Gasteiger partial charge in [-0.15, -0.1) is 0 Å². The molecule has 3 aliphatic rings. The van der Waals surface area contributed by atoms with Crippen LogP contribution in [0.15, 0.2) is 0 Å². The van der Waals surface area contributed by atoms with E-state index in [4.69, 9.17) is 4.74 Å². The van der Waals surface area contributed by atoms with E-state index in [2.05, 4.69) is 20.8 Å². The summed E-state index contributed by atoms with van der Waals surface area (Å²) in [6.45, 7) is 7.90. The summed E-state index contributed by atoms with van der Waals surface area (Å²) < 4.78 is 6.16. The molecule has 0 N–H and O–H groups in total. The molecular weight excluding hydrogens is 172 g/mol. The summed E-state index contributed by atoms with van der Waals surface area (Å²) in [5.41, 5.74) is 0.963. The summed E-state index contributed by atoms with van der Waals surface area (Å²) in [6.07, 6.45) is 8.13. The molecule has 0 spiro atoms. The highest BCUT2D eigenvalue weighted by atomic mass is 16.5. The fourth-order valence-electron chi connectivity index (χ4n) is 2.90. The Kier molecular flexibility index (Phi) is 2.63. The van der Waals surface area contributed by atoms with Gasteiger partial charge in [0.15, 0.2) is 0 Å². The lowest BCUT2D eigenvalue weighted by molar-refractivity contribution is -0.138. The van der Waals surface area contributed by atoms with Gasteiger partial charge in [0, 0.05) is 6.61 Å². The molecular formula is C13H24O. The molecule has 3 saturated carbocycles. The van der Waals surface area contributed by atoms with Crippen molar-refractivity contribution in [1.29, 1.82) is 0 Å². The molecule has 3 rings (SSSR count). The first kappa shape index (κ1) is 10.5. The van der Waals surface area contributed by atoms with Crippen LogP contribution in [0.4, 0.5) is 0 Å². The first-order valence-electron chi connectivity index (χ1n) is 6.18. The molecule has 0 saturated heterocycles. The van der Waals surface area contributed by atoms with Crippen LogP contribution in [0.5, 0.6) is 0 Å². The highest BCUT2D eigenvalue weighted by Crippen LogP contribution is 2.53. The standard InChI is InChI=1S/C13H24O/c1-11(2)10-14-13-7-4-12(3,5-8-13)6-9-13/h11H,4-10H2,1-3H3. The predicted molar refractivity (Wildman–Crippen MR) is 59.3 cm³/mol. The third kappa shape index (κ3) is 1.98. The molecule has 0 heterocycles. The smallest absolute Gasteiger partial charge is 0.0683 e. The van der Waals surface area contributed by atoms with Gasteiger partial charge < -0.3 is 4.74 Å². The van der Waals surface area contributed by atoms with Crippen LogP contribution in [0, 0.1) is 11.3 Å². The molecule has 3 fully saturated rings. The first-order chi connectivity index (χ1) is 6.54. The summed E-state index contributed by atoms with van der Waals surface area (Å²) in [5.74, 6) is 0.680. The minimum Gasteiger partial charge on any atom is -0.375 e. The molecule has 82 valence electrons. The quantitative estimate of drug-likeness (QED) is 0.667. The molecule has 2 bridgehead atoms. The van der Waals surface area contributed by atoms with Gasteiger partial charge in [0.25, 0.3) is 0 Å². The number of rotatable bonds is 3. The summed E-state index contributed by atoms with van der Waals surface area (Å²) in [4.78, 5) is 0. The molecule has 1 nitrogen and oxygen atoms in total. The van der Waals surface area contributed by atoms with E-state index in [-0.39, 0.29) is 0 Å². The minimum absolute atomic E-state index is 0.294. The monoisotopic (exact) mass is 196 g/mol. The largest absolute Gasteiger partial charge is 0.375 e. The topological polar surface area (TPSA) is 9.23 Å². The summed E-state index contributed by atoms with van der Waals surface area (Å²) >= 11 is 0. The average molecular weight is 196 g/mol. The van der Waals surface area contributed by atoms with Crippen molar-refractivity contribution >= 4 is 0 Å². The van der Waals surface area contributed by atoms with Crippen LogP contribution < -0.4 is 0 Å². The Balaban J connectivity index is 1.92. The van der Waals surface area contributed by atoms with E-state index >= 15 is 0 Å². The fourth-order valence-corrected chi connectivity index (χ4v) is 2.90. The van der Waals surface area contributed by atoms with Gasteiger partial charge >= 0.3 is 0 Å². The molecule has 0 unspecified atom stereocenters. The highest BCUT2D eigenvalue weighted by molar-refractivity contribution is 4.98. The number of fused-ring (bicyclic) bond motifs is 3. The lowest BCUT2D eigenvalue weighted by Crippen LogP contribution is -2.47. The van der Waals surface area contributed by atoms with Gasteiger partial charge in [-0.3, -0.25) is 0 Å². The van der Waals surface area contributed by atoms with Crippen LogP contribution in [0.2, 0.25) is 0 Å². The van der Waals surface area contributed by atoms with Crippen molar-refractivity contribution in [2.75, 3.05) is 6.61 Å². The second kappa shape index (κ2) is 3.52. The lowest BCUT2D eigenvalue weighted by Gasteiger charge is -2.52. The second-order valence-electron chi connectivity index (χ2n) is 6.20. The first-order valence-corrected chi connectivity index (χ1v) is 6.18. The molecule has 0 radical (unpaired) electrons. The predicted octanol–water partition coefficient (Wildman–Crippen LogP) is 3.77. The van der Waals surface area contributed by atoms with Crippen LogP contribution in [0.3, 0.4) is 0 Å². The molecule has 0 atom stereocenters. The van der Waals surface area contributed by atoms with Crippen LogP contribution >= 0.6 is 0 Å². The van der Waals surface area contributed by atoms with E-state index in [1.54, 1.807) is 0 Å². The summed E-state index contributed by atoms with van der Waals surface area (Å²) in [5, 5.41) is 0. The molecule has 0 aromatic heterocycles. The van der Waals surface area contributed by atoms with Gasteiger partial charge in [0.1, 0.15) is 0 Å². The van der Waals surface area contributed by atoms with E-state index in [9.17, 15) is 0 Å². The number of hydrogen-bond acceptors (Lipinski definition) is 1. The molecule has 0 aromatic rings. The zero-order valence-corrected chi connectivity index (χ0v) is 9.94. The Morgan fingerprint density at radius 2 is 1.50 bits per heavy atom. The van der Waals surface area contributed by atoms with E-state index in [0.717, 1.165) is 6.61 Å². The molecule has 0 aliphatic heterocycles. The maximum absolute atomic E-state index is 6.16. The Morgan fingerprint density at radius 1 is 1.00 bits per heavy atom. The molecule has 14 heavy (non-hydrogen) atoms. The molecule has 3 aliphatic carbocycles. The number of hydrogen-bond donors (Lipinski definition) is 0. The van der Waals surface area contributed by atoms with Crippen molar-refractivity contribution in [2.24, 2.45) is 11.3 Å². The molecule has 0 amide bonds. The number of ether oxygens (including phenoxy) is 1. The Morgan fingerprint density at radius 3 is 1.93 bits per heavy atom. The van der Waals surface area contributed by atoms with Gasteiger partial charge in [-0.05, 0) is 49.9 Å². The third-order valence-electron chi connectivity index (χ3n) is 4.28. The van der Waals surface area contributed by atoms with E-state index in [1.807, 2.05) is 0 Å². The van der Waals surface area contributed by atoms with Crippen LogP contribution in [0.1, 0.15) is 59.3 Å². The SMILES string of the molecule is CC(C)COC12CCC(C)(CC1)CC2. The van der Waals surface area contributed by atoms with Gasteiger partial charge in [0.2, 0.25) is 0 Å². The van der Waals surface area contributed by atoms with E-state index < -0.39 is 0 Å². The molecule has 1 heteroatoms. The third-order valence-corrected chi connectivity index (χ3v) is 4.28. The fraction of sp³-hybridized carbons (Fsp3) is 1.00. The Hall–Kier alpha value is -0.0400. The van der Waals surface area contributed by atoms with Crippen LogP contribution in [-0.4, -0.2) is 12.2 Å². The van der Waals surface area contributed by atoms with E-state index in [1.165, 1.54) is 38.5 Å². The van der Waals surface area contributed by atoms with Crippen molar-refractivity contribution in [3.8, 4) is 0 Å². The van der Waals surface area contributed by atoms with Gasteiger partial charge in [0.05, 0.1) is 5.60 Å². The minimum atomic E-state index is 0.294. The van der Waals surface area contributed by atoms with Crippen molar-refractivity contribution in [3.05, 3.63) is 0 Å². The highest BCUT2D eigenvalue weighted by Gasteiger charge is 2.46. The Bertz CT molecular complexity index is 183. The van der Waals surface area contributed by atoms with Crippen molar-refractivity contribution in [2.45, 2.75) is 64.9 Å². The summed E-state index contributed by atoms with van der Waals surface area (Å²) in [6, 6.07) is 0.